The first kappa shape index (κ1) is 16.1. The minimum Gasteiger partial charge on any atom is -0.350 e. The van der Waals surface area contributed by atoms with E-state index in [9.17, 15) is 14.0 Å². The van der Waals surface area contributed by atoms with Crippen LogP contribution in [0.3, 0.4) is 0 Å². The molecular weight excluding hydrogens is 305 g/mol. The molecule has 0 saturated heterocycles. The number of amides is 2. The monoisotopic (exact) mass is 321 g/mol. The maximum Gasteiger partial charge on any atom is 0.270 e. The van der Waals surface area contributed by atoms with Crippen molar-refractivity contribution >= 4 is 28.3 Å². The molecule has 22 heavy (non-hydrogen) atoms. The Labute approximate surface area is 131 Å². The van der Waals surface area contributed by atoms with Gasteiger partial charge < -0.3 is 5.32 Å². The van der Waals surface area contributed by atoms with Crippen LogP contribution in [0.1, 0.15) is 34.7 Å². The molecule has 0 radical (unpaired) electrons. The summed E-state index contributed by atoms with van der Waals surface area (Å²) in [6, 6.07) is 5.67. The lowest BCUT2D eigenvalue weighted by Gasteiger charge is -2.05. The molecule has 0 bridgehead atoms. The average Bonchev–Trinajstić information content (AvgIpc) is 2.93. The smallest absolute Gasteiger partial charge is 0.270 e. The van der Waals surface area contributed by atoms with Crippen LogP contribution in [-0.2, 0) is 0 Å². The van der Waals surface area contributed by atoms with E-state index in [0.717, 1.165) is 11.3 Å². The molecule has 1 aromatic carbocycles. The van der Waals surface area contributed by atoms with E-state index in [-0.39, 0.29) is 22.3 Å². The van der Waals surface area contributed by atoms with Crippen LogP contribution in [0.25, 0.3) is 0 Å². The second-order valence-electron chi connectivity index (χ2n) is 5.08. The molecule has 2 rings (SSSR count). The minimum atomic E-state index is -0.605. The van der Waals surface area contributed by atoms with Gasteiger partial charge in [-0.05, 0) is 18.1 Å². The van der Waals surface area contributed by atoms with Crippen molar-refractivity contribution in [2.45, 2.75) is 13.8 Å². The SMILES string of the molecule is CC(C)CNC(=O)c1csc(NC(=O)c2ccccc2F)n1. The van der Waals surface area contributed by atoms with E-state index in [4.69, 9.17) is 0 Å². The van der Waals surface area contributed by atoms with Gasteiger partial charge in [-0.25, -0.2) is 9.37 Å². The van der Waals surface area contributed by atoms with Gasteiger partial charge in [-0.3, -0.25) is 14.9 Å². The lowest BCUT2D eigenvalue weighted by molar-refractivity contribution is 0.0943. The van der Waals surface area contributed by atoms with Gasteiger partial charge in [0.05, 0.1) is 5.56 Å². The van der Waals surface area contributed by atoms with E-state index in [1.165, 1.54) is 18.2 Å². The molecule has 1 heterocycles. The van der Waals surface area contributed by atoms with Crippen molar-refractivity contribution < 1.29 is 14.0 Å². The summed E-state index contributed by atoms with van der Waals surface area (Å²) in [6.07, 6.45) is 0. The number of benzene rings is 1. The van der Waals surface area contributed by atoms with E-state index in [0.29, 0.717) is 12.5 Å². The van der Waals surface area contributed by atoms with Crippen LogP contribution in [0.15, 0.2) is 29.6 Å². The van der Waals surface area contributed by atoms with Crippen LogP contribution in [0.4, 0.5) is 9.52 Å². The molecule has 116 valence electrons. The normalized spacial score (nSPS) is 10.5. The standard InChI is InChI=1S/C15H16FN3O2S/c1-9(2)7-17-14(21)12-8-22-15(18-12)19-13(20)10-5-3-4-6-11(10)16/h3-6,8-9H,7H2,1-2H3,(H,17,21)(H,18,19,20). The summed E-state index contributed by atoms with van der Waals surface area (Å²) >= 11 is 1.11. The largest absolute Gasteiger partial charge is 0.350 e. The molecule has 0 saturated carbocycles. The van der Waals surface area contributed by atoms with Crippen molar-refractivity contribution in [1.82, 2.24) is 10.3 Å². The van der Waals surface area contributed by atoms with Gasteiger partial charge in [0.25, 0.3) is 11.8 Å². The fourth-order valence-corrected chi connectivity index (χ4v) is 2.32. The van der Waals surface area contributed by atoms with Crippen LogP contribution in [0, 0.1) is 11.7 Å². The number of nitrogens with one attached hydrogen (secondary N) is 2. The Morgan fingerprint density at radius 1 is 1.27 bits per heavy atom. The lowest BCUT2D eigenvalue weighted by Crippen LogP contribution is -2.27. The van der Waals surface area contributed by atoms with Crippen molar-refractivity contribution in [3.8, 4) is 0 Å². The van der Waals surface area contributed by atoms with Gasteiger partial charge >= 0.3 is 0 Å². The third-order valence-corrected chi connectivity index (χ3v) is 3.50. The third-order valence-electron chi connectivity index (χ3n) is 2.75. The number of carbonyl (C=O) groups excluding carboxylic acids is 2. The van der Waals surface area contributed by atoms with E-state index in [1.54, 1.807) is 11.4 Å². The number of aromatic nitrogens is 1. The Bertz CT molecular complexity index is 685. The predicted molar refractivity (Wildman–Crippen MR) is 83.6 cm³/mol. The van der Waals surface area contributed by atoms with Crippen molar-refractivity contribution in [1.29, 1.82) is 0 Å². The maximum atomic E-state index is 13.5. The molecule has 2 amide bonds. The molecule has 2 aromatic rings. The van der Waals surface area contributed by atoms with Crippen LogP contribution in [0.5, 0.6) is 0 Å². The molecule has 0 aliphatic heterocycles. The van der Waals surface area contributed by atoms with E-state index in [2.05, 4.69) is 15.6 Å². The van der Waals surface area contributed by atoms with Gasteiger partial charge in [0.1, 0.15) is 11.5 Å². The second-order valence-corrected chi connectivity index (χ2v) is 5.93. The van der Waals surface area contributed by atoms with Crippen molar-refractivity contribution in [3.63, 3.8) is 0 Å². The molecule has 7 heteroatoms. The molecule has 2 N–H and O–H groups in total. The number of hydrogen-bond donors (Lipinski definition) is 2. The first-order chi connectivity index (χ1) is 10.5. The zero-order valence-corrected chi connectivity index (χ0v) is 13.0. The summed E-state index contributed by atoms with van der Waals surface area (Å²) in [5.41, 5.74) is 0.165. The zero-order valence-electron chi connectivity index (χ0n) is 12.2. The quantitative estimate of drug-likeness (QED) is 0.889. The zero-order chi connectivity index (χ0) is 16.1. The number of nitrogens with zero attached hydrogens (tertiary/aromatic N) is 1. The number of rotatable bonds is 5. The molecular formula is C15H16FN3O2S. The number of halogens is 1. The summed E-state index contributed by atoms with van der Waals surface area (Å²) in [5, 5.41) is 7.03. The van der Waals surface area contributed by atoms with Crippen molar-refractivity contribution in [3.05, 3.63) is 46.7 Å². The highest BCUT2D eigenvalue weighted by Crippen LogP contribution is 2.17. The number of thiazole rings is 1. The fraction of sp³-hybridized carbons (Fsp3) is 0.267. The summed E-state index contributed by atoms with van der Waals surface area (Å²) in [4.78, 5) is 27.8. The van der Waals surface area contributed by atoms with E-state index >= 15 is 0 Å². The van der Waals surface area contributed by atoms with E-state index in [1.807, 2.05) is 13.8 Å². The molecule has 0 aliphatic rings. The van der Waals surface area contributed by atoms with Crippen molar-refractivity contribution in [2.24, 2.45) is 5.92 Å². The highest BCUT2D eigenvalue weighted by molar-refractivity contribution is 7.14. The van der Waals surface area contributed by atoms with Gasteiger partial charge in [0, 0.05) is 11.9 Å². The number of carbonyl (C=O) groups is 2. The topological polar surface area (TPSA) is 71.1 Å². The highest BCUT2D eigenvalue weighted by atomic mass is 32.1. The molecule has 0 spiro atoms. The molecule has 0 atom stereocenters. The van der Waals surface area contributed by atoms with E-state index < -0.39 is 11.7 Å². The molecule has 0 unspecified atom stereocenters. The molecule has 0 fully saturated rings. The van der Waals surface area contributed by atoms with Gasteiger partial charge in [-0.1, -0.05) is 26.0 Å². The Morgan fingerprint density at radius 3 is 2.68 bits per heavy atom. The summed E-state index contributed by atoms with van der Waals surface area (Å²) in [6.45, 7) is 4.52. The fourth-order valence-electron chi connectivity index (χ4n) is 1.63. The maximum absolute atomic E-state index is 13.5. The highest BCUT2D eigenvalue weighted by Gasteiger charge is 2.15. The van der Waals surface area contributed by atoms with Gasteiger partial charge in [-0.2, -0.15) is 0 Å². The third kappa shape index (κ3) is 4.11. The lowest BCUT2D eigenvalue weighted by atomic mass is 10.2. The van der Waals surface area contributed by atoms with Gasteiger partial charge in [0.2, 0.25) is 0 Å². The van der Waals surface area contributed by atoms with Crippen LogP contribution >= 0.6 is 11.3 Å². The van der Waals surface area contributed by atoms with Crippen LogP contribution in [-0.4, -0.2) is 23.3 Å². The molecule has 5 nitrogen and oxygen atoms in total. The average molecular weight is 321 g/mol. The number of anilines is 1. The Hall–Kier alpha value is -2.28. The predicted octanol–water partition coefficient (Wildman–Crippen LogP) is 2.92. The summed E-state index contributed by atoms with van der Waals surface area (Å²) in [5.74, 6) is -1.16. The number of hydrogen-bond acceptors (Lipinski definition) is 4. The Kier molecular flexibility index (Phi) is 5.21. The minimum absolute atomic E-state index is 0.0662. The summed E-state index contributed by atoms with van der Waals surface area (Å²) < 4.78 is 13.5. The van der Waals surface area contributed by atoms with Crippen LogP contribution < -0.4 is 10.6 Å². The Balaban J connectivity index is 2.02. The van der Waals surface area contributed by atoms with Gasteiger partial charge in [0.15, 0.2) is 5.13 Å². The first-order valence-electron chi connectivity index (χ1n) is 6.77. The molecule has 1 aromatic heterocycles. The molecule has 0 aliphatic carbocycles. The summed E-state index contributed by atoms with van der Waals surface area (Å²) in [7, 11) is 0. The van der Waals surface area contributed by atoms with Gasteiger partial charge in [-0.15, -0.1) is 11.3 Å². The first-order valence-corrected chi connectivity index (χ1v) is 7.65. The van der Waals surface area contributed by atoms with Crippen molar-refractivity contribution in [2.75, 3.05) is 11.9 Å². The second kappa shape index (κ2) is 7.13. The van der Waals surface area contributed by atoms with Crippen LogP contribution in [0.2, 0.25) is 0 Å². The Morgan fingerprint density at radius 2 is 2.00 bits per heavy atom.